The molecule has 2 amide bonds. The molecular weight excluding hydrogens is 387 g/mol. The summed E-state index contributed by atoms with van der Waals surface area (Å²) < 4.78 is 0. The van der Waals surface area contributed by atoms with E-state index in [9.17, 15) is 4.79 Å². The van der Waals surface area contributed by atoms with Crippen LogP contribution in [0, 0.1) is 5.92 Å². The summed E-state index contributed by atoms with van der Waals surface area (Å²) in [7, 11) is 0. The molecule has 27 heavy (non-hydrogen) atoms. The van der Waals surface area contributed by atoms with E-state index >= 15 is 0 Å². The van der Waals surface area contributed by atoms with Gasteiger partial charge in [0.05, 0.1) is 16.9 Å². The Morgan fingerprint density at radius 3 is 2.67 bits per heavy atom. The second-order valence-electron chi connectivity index (χ2n) is 8.24. The van der Waals surface area contributed by atoms with Crippen molar-refractivity contribution < 1.29 is 4.79 Å². The Labute approximate surface area is 172 Å². The van der Waals surface area contributed by atoms with Crippen LogP contribution < -0.4 is 31.9 Å². The lowest BCUT2D eigenvalue weighted by molar-refractivity contribution is 0.180. The normalized spacial score (nSPS) is 40.3. The van der Waals surface area contributed by atoms with Crippen molar-refractivity contribution in [1.29, 1.82) is 0 Å². The van der Waals surface area contributed by atoms with Gasteiger partial charge in [0.15, 0.2) is 0 Å². The zero-order valence-electron chi connectivity index (χ0n) is 16.1. The molecule has 2 heterocycles. The number of hydrogen-bond acceptors (Lipinski definition) is 5. The van der Waals surface area contributed by atoms with Crippen LogP contribution in [0.2, 0.25) is 0 Å². The Hall–Kier alpha value is -0.310. The fourth-order valence-corrected chi connectivity index (χ4v) is 4.79. The minimum Gasteiger partial charge on any atom is -0.335 e. The second-order valence-corrected chi connectivity index (χ2v) is 9.36. The molecule has 0 bridgehead atoms. The topological polar surface area (TPSA) is 89.2 Å². The van der Waals surface area contributed by atoms with Crippen molar-refractivity contribution in [3.8, 4) is 0 Å². The van der Waals surface area contributed by atoms with Crippen LogP contribution in [0.4, 0.5) is 4.79 Å². The van der Waals surface area contributed by atoms with E-state index < -0.39 is 0 Å². The van der Waals surface area contributed by atoms with Gasteiger partial charge in [-0.25, -0.2) is 4.79 Å². The van der Waals surface area contributed by atoms with Crippen molar-refractivity contribution in [3.05, 3.63) is 0 Å². The summed E-state index contributed by atoms with van der Waals surface area (Å²) in [6, 6.07) is 0.222. The summed E-state index contributed by atoms with van der Waals surface area (Å²) in [5.41, 5.74) is 0. The minimum atomic E-state index is -0.258. The largest absolute Gasteiger partial charge is 0.335 e. The first-order chi connectivity index (χ1) is 13.0. The van der Waals surface area contributed by atoms with Crippen molar-refractivity contribution in [2.75, 3.05) is 19.6 Å². The molecule has 6 N–H and O–H groups in total. The SMILES string of the molecule is CC1CC(NCC2CCCNC2)NC(NC(=O)NC2CCC(Cl)C(Cl)C2)N1. The molecule has 2 saturated heterocycles. The molecule has 7 atom stereocenters. The fraction of sp³-hybridized carbons (Fsp3) is 0.944. The van der Waals surface area contributed by atoms with E-state index in [1.54, 1.807) is 0 Å². The van der Waals surface area contributed by atoms with Crippen LogP contribution in [0.1, 0.15) is 45.4 Å². The summed E-state index contributed by atoms with van der Waals surface area (Å²) in [4.78, 5) is 12.4. The Balaban J connectivity index is 1.40. The van der Waals surface area contributed by atoms with Gasteiger partial charge in [0.1, 0.15) is 6.29 Å². The van der Waals surface area contributed by atoms with Crippen molar-refractivity contribution in [2.45, 2.75) is 80.7 Å². The summed E-state index contributed by atoms with van der Waals surface area (Å²) >= 11 is 12.4. The quantitative estimate of drug-likeness (QED) is 0.376. The van der Waals surface area contributed by atoms with Crippen LogP contribution in [0.15, 0.2) is 0 Å². The highest BCUT2D eigenvalue weighted by Gasteiger charge is 2.30. The number of nitrogens with one attached hydrogen (secondary N) is 6. The average molecular weight is 421 g/mol. The molecule has 3 fully saturated rings. The summed E-state index contributed by atoms with van der Waals surface area (Å²) in [5.74, 6) is 0.681. The maximum absolute atomic E-state index is 12.4. The number of carbonyl (C=O) groups excluding carboxylic acids is 1. The molecule has 9 heteroatoms. The Bertz CT molecular complexity index is 479. The molecule has 7 unspecified atom stereocenters. The van der Waals surface area contributed by atoms with Crippen molar-refractivity contribution >= 4 is 29.2 Å². The van der Waals surface area contributed by atoms with Crippen LogP contribution in [0.25, 0.3) is 0 Å². The minimum absolute atomic E-state index is 0.00139. The van der Waals surface area contributed by atoms with E-state index in [4.69, 9.17) is 23.2 Å². The van der Waals surface area contributed by atoms with E-state index in [-0.39, 0.29) is 35.3 Å². The molecule has 156 valence electrons. The lowest BCUT2D eigenvalue weighted by Crippen LogP contribution is -2.68. The second kappa shape index (κ2) is 10.5. The maximum Gasteiger partial charge on any atom is 0.317 e. The van der Waals surface area contributed by atoms with Gasteiger partial charge in [0.25, 0.3) is 0 Å². The molecule has 7 nitrogen and oxygen atoms in total. The van der Waals surface area contributed by atoms with Crippen LogP contribution in [0.5, 0.6) is 0 Å². The molecule has 0 aromatic carbocycles. The lowest BCUT2D eigenvalue weighted by Gasteiger charge is -2.38. The van der Waals surface area contributed by atoms with Crippen LogP contribution in [0.3, 0.4) is 0 Å². The van der Waals surface area contributed by atoms with Gasteiger partial charge in [-0.1, -0.05) is 0 Å². The molecule has 2 aliphatic heterocycles. The molecule has 1 aliphatic carbocycles. The zero-order valence-corrected chi connectivity index (χ0v) is 17.6. The molecule has 3 rings (SSSR count). The van der Waals surface area contributed by atoms with Crippen LogP contribution in [-0.2, 0) is 0 Å². The third-order valence-corrected chi connectivity index (χ3v) is 6.90. The van der Waals surface area contributed by atoms with Gasteiger partial charge < -0.3 is 21.3 Å². The molecular formula is C18H34Cl2N6O. The number of alkyl halides is 2. The van der Waals surface area contributed by atoms with E-state index in [1.165, 1.54) is 12.8 Å². The van der Waals surface area contributed by atoms with E-state index in [0.29, 0.717) is 18.4 Å². The molecule has 0 radical (unpaired) electrons. The van der Waals surface area contributed by atoms with Gasteiger partial charge in [-0.05, 0) is 64.5 Å². The number of carbonyl (C=O) groups is 1. The van der Waals surface area contributed by atoms with Gasteiger partial charge in [-0.2, -0.15) is 0 Å². The monoisotopic (exact) mass is 420 g/mol. The standard InChI is InChI=1S/C18H34Cl2N6O/c1-11-7-16(22-10-12-3-2-6-21-9-12)25-17(23-11)26-18(27)24-13-4-5-14(19)15(20)8-13/h11-17,21-23,25H,2-10H2,1H3,(H2,24,26,27). The maximum atomic E-state index is 12.4. The van der Waals surface area contributed by atoms with Crippen molar-refractivity contribution in [1.82, 2.24) is 31.9 Å². The zero-order chi connectivity index (χ0) is 19.2. The molecule has 0 spiro atoms. The predicted octanol–water partition coefficient (Wildman–Crippen LogP) is 1.22. The average Bonchev–Trinajstić information content (AvgIpc) is 2.63. The number of urea groups is 1. The molecule has 0 aromatic heterocycles. The Morgan fingerprint density at radius 2 is 1.93 bits per heavy atom. The first kappa shape index (κ1) is 21.4. The van der Waals surface area contributed by atoms with Gasteiger partial charge >= 0.3 is 6.03 Å². The highest BCUT2D eigenvalue weighted by Crippen LogP contribution is 2.27. The predicted molar refractivity (Wildman–Crippen MR) is 110 cm³/mol. The summed E-state index contributed by atoms with van der Waals surface area (Å²) in [6.07, 6.45) is 5.85. The number of halogens is 2. The fourth-order valence-electron chi connectivity index (χ4n) is 4.22. The number of piperidine rings is 1. The summed E-state index contributed by atoms with van der Waals surface area (Å²) in [5, 5.41) is 19.8. The third-order valence-electron chi connectivity index (χ3n) is 5.76. The summed E-state index contributed by atoms with van der Waals surface area (Å²) in [6.45, 7) is 5.36. The first-order valence-corrected chi connectivity index (χ1v) is 11.2. The highest BCUT2D eigenvalue weighted by atomic mass is 35.5. The van der Waals surface area contributed by atoms with E-state index in [0.717, 1.165) is 38.9 Å². The van der Waals surface area contributed by atoms with Gasteiger partial charge in [-0.3, -0.25) is 10.6 Å². The lowest BCUT2D eigenvalue weighted by atomic mass is 9.95. The Morgan fingerprint density at radius 1 is 1.07 bits per heavy atom. The van der Waals surface area contributed by atoms with E-state index in [1.807, 2.05) is 0 Å². The molecule has 1 saturated carbocycles. The number of rotatable bonds is 5. The van der Waals surface area contributed by atoms with Gasteiger partial charge in [0.2, 0.25) is 0 Å². The van der Waals surface area contributed by atoms with Crippen molar-refractivity contribution in [2.24, 2.45) is 5.92 Å². The number of hydrogen-bond donors (Lipinski definition) is 6. The van der Waals surface area contributed by atoms with Crippen LogP contribution >= 0.6 is 23.2 Å². The number of amides is 2. The molecule has 3 aliphatic rings. The Kier molecular flexibility index (Phi) is 8.29. The van der Waals surface area contributed by atoms with E-state index in [2.05, 4.69) is 38.8 Å². The van der Waals surface area contributed by atoms with Crippen molar-refractivity contribution in [3.63, 3.8) is 0 Å². The van der Waals surface area contributed by atoms with Gasteiger partial charge in [0, 0.05) is 18.6 Å². The third kappa shape index (κ3) is 6.91. The molecule has 0 aromatic rings. The smallest absolute Gasteiger partial charge is 0.317 e. The van der Waals surface area contributed by atoms with Gasteiger partial charge in [-0.15, -0.1) is 23.2 Å². The first-order valence-electron chi connectivity index (χ1n) is 10.3. The highest BCUT2D eigenvalue weighted by molar-refractivity contribution is 6.30. The van der Waals surface area contributed by atoms with Crippen LogP contribution in [-0.4, -0.2) is 61.0 Å².